The molecule has 84 valence electrons. The maximum Gasteiger partial charge on any atom is 0.0593 e. The lowest BCUT2D eigenvalue weighted by Gasteiger charge is -2.32. The summed E-state index contributed by atoms with van der Waals surface area (Å²) in [7, 11) is 2.19. The van der Waals surface area contributed by atoms with Crippen LogP contribution in [0.1, 0.15) is 19.8 Å². The lowest BCUT2D eigenvalue weighted by molar-refractivity contribution is 0.0806. The number of piperazine rings is 1. The van der Waals surface area contributed by atoms with E-state index in [2.05, 4.69) is 23.8 Å². The quantitative estimate of drug-likeness (QED) is 0.596. The maximum atomic E-state index is 5.55. The zero-order valence-electron chi connectivity index (χ0n) is 9.67. The molecular weight excluding hydrogens is 176 g/mol. The monoisotopic (exact) mass is 200 g/mol. The molecule has 0 saturated carbocycles. The summed E-state index contributed by atoms with van der Waals surface area (Å²) in [5.41, 5.74) is 0. The first kappa shape index (κ1) is 12.0. The van der Waals surface area contributed by atoms with Crippen molar-refractivity contribution in [1.29, 1.82) is 0 Å². The van der Waals surface area contributed by atoms with Crippen LogP contribution in [0.2, 0.25) is 0 Å². The third-order valence-corrected chi connectivity index (χ3v) is 2.79. The Labute approximate surface area is 88.0 Å². The molecule has 14 heavy (non-hydrogen) atoms. The van der Waals surface area contributed by atoms with Crippen LogP contribution >= 0.6 is 0 Å². The first-order valence-electron chi connectivity index (χ1n) is 5.81. The number of likely N-dealkylation sites (N-methyl/N-ethyl adjacent to an activating group) is 1. The molecule has 0 aromatic rings. The highest BCUT2D eigenvalue weighted by atomic mass is 16.5. The lowest BCUT2D eigenvalue weighted by atomic mass is 10.3. The summed E-state index contributed by atoms with van der Waals surface area (Å²) in [4.78, 5) is 4.88. The third-order valence-electron chi connectivity index (χ3n) is 2.79. The summed E-state index contributed by atoms with van der Waals surface area (Å²) in [6.45, 7) is 9.96. The lowest BCUT2D eigenvalue weighted by Crippen LogP contribution is -2.45. The molecule has 1 aliphatic rings. The van der Waals surface area contributed by atoms with Crippen LogP contribution in [-0.2, 0) is 4.74 Å². The molecule has 3 heteroatoms. The first-order valence-corrected chi connectivity index (χ1v) is 5.81. The summed E-state index contributed by atoms with van der Waals surface area (Å²) in [6, 6.07) is 0. The largest absolute Gasteiger partial charge is 0.380 e. The van der Waals surface area contributed by atoms with Gasteiger partial charge in [-0.3, -0.25) is 4.90 Å². The number of hydrogen-bond donors (Lipinski definition) is 0. The van der Waals surface area contributed by atoms with Gasteiger partial charge in [0.25, 0.3) is 0 Å². The second kappa shape index (κ2) is 7.21. The van der Waals surface area contributed by atoms with Gasteiger partial charge < -0.3 is 9.64 Å². The predicted molar refractivity (Wildman–Crippen MR) is 59.7 cm³/mol. The molecule has 0 N–H and O–H groups in total. The van der Waals surface area contributed by atoms with Crippen molar-refractivity contribution in [2.24, 2.45) is 0 Å². The van der Waals surface area contributed by atoms with Crippen molar-refractivity contribution in [2.45, 2.75) is 19.8 Å². The zero-order chi connectivity index (χ0) is 10.2. The summed E-state index contributed by atoms with van der Waals surface area (Å²) < 4.78 is 5.55. The van der Waals surface area contributed by atoms with E-state index in [0.717, 1.165) is 19.8 Å². The fraction of sp³-hybridized carbons (Fsp3) is 1.00. The van der Waals surface area contributed by atoms with Crippen molar-refractivity contribution in [2.75, 3.05) is 53.0 Å². The van der Waals surface area contributed by atoms with Crippen molar-refractivity contribution in [3.63, 3.8) is 0 Å². The minimum absolute atomic E-state index is 0.906. The third kappa shape index (κ3) is 4.94. The molecule has 0 aromatic carbocycles. The molecule has 0 unspecified atom stereocenters. The Kier molecular flexibility index (Phi) is 6.15. The van der Waals surface area contributed by atoms with Crippen LogP contribution in [0.4, 0.5) is 0 Å². The standard InChI is InChI=1S/C11H24N2O/c1-3-4-10-14-11-9-13-7-5-12(2)6-8-13/h3-11H2,1-2H3. The second-order valence-electron chi connectivity index (χ2n) is 4.11. The Morgan fingerprint density at radius 3 is 2.43 bits per heavy atom. The molecule has 3 nitrogen and oxygen atoms in total. The number of unbranched alkanes of at least 4 members (excludes halogenated alkanes) is 1. The highest BCUT2D eigenvalue weighted by molar-refractivity contribution is 4.68. The van der Waals surface area contributed by atoms with E-state index < -0.39 is 0 Å². The molecule has 0 radical (unpaired) electrons. The Balaban J connectivity index is 1.91. The van der Waals surface area contributed by atoms with Gasteiger partial charge in [0, 0.05) is 39.3 Å². The Bertz CT molecular complexity index is 133. The molecule has 1 saturated heterocycles. The minimum Gasteiger partial charge on any atom is -0.380 e. The van der Waals surface area contributed by atoms with E-state index in [1.54, 1.807) is 0 Å². The van der Waals surface area contributed by atoms with Gasteiger partial charge in [-0.1, -0.05) is 13.3 Å². The fourth-order valence-corrected chi connectivity index (χ4v) is 1.61. The van der Waals surface area contributed by atoms with Crippen molar-refractivity contribution < 1.29 is 4.74 Å². The molecular formula is C11H24N2O. The van der Waals surface area contributed by atoms with Crippen LogP contribution in [0.25, 0.3) is 0 Å². The second-order valence-corrected chi connectivity index (χ2v) is 4.11. The molecule has 0 spiro atoms. The van der Waals surface area contributed by atoms with Gasteiger partial charge >= 0.3 is 0 Å². The molecule has 1 fully saturated rings. The van der Waals surface area contributed by atoms with Crippen LogP contribution < -0.4 is 0 Å². The Morgan fingerprint density at radius 2 is 1.79 bits per heavy atom. The molecule has 1 heterocycles. The van der Waals surface area contributed by atoms with E-state index in [-0.39, 0.29) is 0 Å². The van der Waals surface area contributed by atoms with Crippen LogP contribution in [0.5, 0.6) is 0 Å². The number of ether oxygens (including phenoxy) is 1. The van der Waals surface area contributed by atoms with Crippen molar-refractivity contribution in [3.8, 4) is 0 Å². The molecule has 0 amide bonds. The normalized spacial score (nSPS) is 20.1. The summed E-state index contributed by atoms with van der Waals surface area (Å²) in [6.07, 6.45) is 2.43. The van der Waals surface area contributed by atoms with E-state index in [0.29, 0.717) is 0 Å². The highest BCUT2D eigenvalue weighted by Gasteiger charge is 2.12. The molecule has 0 aromatic heterocycles. The smallest absolute Gasteiger partial charge is 0.0593 e. The number of rotatable bonds is 6. The summed E-state index contributed by atoms with van der Waals surface area (Å²) in [5, 5.41) is 0. The van der Waals surface area contributed by atoms with Gasteiger partial charge in [-0.2, -0.15) is 0 Å². The number of hydrogen-bond acceptors (Lipinski definition) is 3. The average molecular weight is 200 g/mol. The zero-order valence-corrected chi connectivity index (χ0v) is 9.67. The predicted octanol–water partition coefficient (Wildman–Crippen LogP) is 1.05. The first-order chi connectivity index (χ1) is 6.83. The van der Waals surface area contributed by atoms with Crippen molar-refractivity contribution in [1.82, 2.24) is 9.80 Å². The van der Waals surface area contributed by atoms with E-state index in [4.69, 9.17) is 4.74 Å². The van der Waals surface area contributed by atoms with Gasteiger partial charge in [0.05, 0.1) is 6.61 Å². The van der Waals surface area contributed by atoms with Crippen LogP contribution in [0.3, 0.4) is 0 Å². The van der Waals surface area contributed by atoms with Crippen LogP contribution in [0.15, 0.2) is 0 Å². The topological polar surface area (TPSA) is 15.7 Å². The Morgan fingerprint density at radius 1 is 1.07 bits per heavy atom. The number of nitrogens with zero attached hydrogens (tertiary/aromatic N) is 2. The van der Waals surface area contributed by atoms with Gasteiger partial charge in [-0.25, -0.2) is 0 Å². The minimum atomic E-state index is 0.906. The van der Waals surface area contributed by atoms with Gasteiger partial charge in [0.15, 0.2) is 0 Å². The van der Waals surface area contributed by atoms with E-state index >= 15 is 0 Å². The highest BCUT2D eigenvalue weighted by Crippen LogP contribution is 1.98. The van der Waals surface area contributed by atoms with Crippen LogP contribution in [-0.4, -0.2) is 62.8 Å². The van der Waals surface area contributed by atoms with Gasteiger partial charge in [-0.15, -0.1) is 0 Å². The summed E-state index contributed by atoms with van der Waals surface area (Å²) in [5.74, 6) is 0. The van der Waals surface area contributed by atoms with Gasteiger partial charge in [0.1, 0.15) is 0 Å². The molecule has 0 aliphatic carbocycles. The average Bonchev–Trinajstić information content (AvgIpc) is 2.21. The van der Waals surface area contributed by atoms with E-state index in [1.807, 2.05) is 0 Å². The van der Waals surface area contributed by atoms with Crippen molar-refractivity contribution >= 4 is 0 Å². The molecule has 1 rings (SSSR count). The van der Waals surface area contributed by atoms with Crippen LogP contribution in [0, 0.1) is 0 Å². The van der Waals surface area contributed by atoms with E-state index in [1.165, 1.54) is 39.0 Å². The fourth-order valence-electron chi connectivity index (χ4n) is 1.61. The van der Waals surface area contributed by atoms with Gasteiger partial charge in [0.2, 0.25) is 0 Å². The molecule has 1 aliphatic heterocycles. The molecule has 0 bridgehead atoms. The van der Waals surface area contributed by atoms with Gasteiger partial charge in [-0.05, 0) is 13.5 Å². The SMILES string of the molecule is CCCCOCCN1CCN(C)CC1. The Hall–Kier alpha value is -0.120. The molecule has 0 atom stereocenters. The summed E-state index contributed by atoms with van der Waals surface area (Å²) >= 11 is 0. The van der Waals surface area contributed by atoms with Crippen molar-refractivity contribution in [3.05, 3.63) is 0 Å². The van der Waals surface area contributed by atoms with E-state index in [9.17, 15) is 0 Å². The maximum absolute atomic E-state index is 5.55.